The van der Waals surface area contributed by atoms with Crippen LogP contribution in [0.3, 0.4) is 0 Å². The zero-order valence-electron chi connectivity index (χ0n) is 22.7. The fourth-order valence-electron chi connectivity index (χ4n) is 4.75. The number of aromatic nitrogens is 2. The molecule has 0 saturated heterocycles. The van der Waals surface area contributed by atoms with Gasteiger partial charge in [-0.15, -0.1) is 0 Å². The van der Waals surface area contributed by atoms with E-state index in [4.69, 9.17) is 38.0 Å². The largest absolute Gasteiger partial charge is 0.481 e. The minimum absolute atomic E-state index is 0.00997. The van der Waals surface area contributed by atoms with Crippen LogP contribution in [0.1, 0.15) is 33.8 Å². The second kappa shape index (κ2) is 12.6. The first-order valence-corrected chi connectivity index (χ1v) is 15.7. The number of rotatable bonds is 9. The molecule has 2 atom stereocenters. The molecule has 0 radical (unpaired) electrons. The molecule has 0 aliphatic heterocycles. The summed E-state index contributed by atoms with van der Waals surface area (Å²) in [5, 5.41) is 25.1. The third kappa shape index (κ3) is 6.73. The second-order valence-electron chi connectivity index (χ2n) is 10.2. The zero-order valence-corrected chi connectivity index (χ0v) is 26.6. The Morgan fingerprint density at radius 2 is 1.75 bits per heavy atom. The second-order valence-corrected chi connectivity index (χ2v) is 12.8. The van der Waals surface area contributed by atoms with E-state index in [-0.39, 0.29) is 17.4 Å². The Morgan fingerprint density at radius 3 is 2.45 bits per heavy atom. The Balaban J connectivity index is 1.34. The highest BCUT2D eigenvalue weighted by atomic mass is 79.9. The number of benzene rings is 4. The molecule has 44 heavy (non-hydrogen) atoms. The van der Waals surface area contributed by atoms with Gasteiger partial charge in [0.05, 0.1) is 33.8 Å². The zero-order chi connectivity index (χ0) is 31.0. The maximum Gasteiger partial charge on any atom is 0.335 e. The average molecular weight is 711 g/mol. The molecule has 1 fully saturated rings. The Labute approximate surface area is 273 Å². The van der Waals surface area contributed by atoms with Crippen LogP contribution >= 0.6 is 50.5 Å². The Morgan fingerprint density at radius 1 is 0.977 bits per heavy atom. The summed E-state index contributed by atoms with van der Waals surface area (Å²) in [5.41, 5.74) is 3.47. The molecule has 2 unspecified atom stereocenters. The molecular weight excluding hydrogens is 689 g/mol. The van der Waals surface area contributed by atoms with Gasteiger partial charge in [-0.1, -0.05) is 80.8 Å². The molecule has 0 amide bonds. The van der Waals surface area contributed by atoms with Crippen LogP contribution in [0.15, 0.2) is 94.4 Å². The van der Waals surface area contributed by atoms with Gasteiger partial charge >= 0.3 is 11.9 Å². The third-order valence-electron chi connectivity index (χ3n) is 7.05. The molecule has 2 N–H and O–H groups in total. The first-order valence-electron chi connectivity index (χ1n) is 13.3. The van der Waals surface area contributed by atoms with Gasteiger partial charge in [-0.25, -0.2) is 14.5 Å². The Bertz CT molecular complexity index is 1990. The molecule has 1 aliphatic rings. The number of hydrogen-bond acceptors (Lipinski definition) is 6. The molecule has 12 heteroatoms. The van der Waals surface area contributed by atoms with Gasteiger partial charge in [-0.2, -0.15) is 5.10 Å². The number of carbonyl (C=O) groups is 2. The number of aromatic carboxylic acids is 1. The monoisotopic (exact) mass is 709 g/mol. The maximum absolute atomic E-state index is 11.4. The highest BCUT2D eigenvalue weighted by Gasteiger charge is 2.44. The number of hydrogen-bond donors (Lipinski definition) is 2. The van der Waals surface area contributed by atoms with Crippen molar-refractivity contribution in [1.82, 2.24) is 9.78 Å². The average Bonchev–Trinajstić information content (AvgIpc) is 3.70. The van der Waals surface area contributed by atoms with E-state index in [0.29, 0.717) is 50.0 Å². The van der Waals surface area contributed by atoms with Gasteiger partial charge in [-0.3, -0.25) is 4.79 Å². The lowest BCUT2D eigenvalue weighted by atomic mass is 10.1. The van der Waals surface area contributed by atoms with Crippen molar-refractivity contribution in [3.8, 4) is 22.1 Å². The van der Waals surface area contributed by atoms with Crippen LogP contribution in [-0.4, -0.2) is 31.9 Å². The number of ether oxygens (including phenoxy) is 1. The van der Waals surface area contributed by atoms with Crippen molar-refractivity contribution in [3.63, 3.8) is 0 Å². The van der Waals surface area contributed by atoms with Gasteiger partial charge in [0.15, 0.2) is 0 Å². The van der Waals surface area contributed by atoms with Crippen molar-refractivity contribution in [2.45, 2.75) is 18.9 Å². The van der Waals surface area contributed by atoms with Crippen molar-refractivity contribution < 1.29 is 24.5 Å². The van der Waals surface area contributed by atoms with E-state index < -0.39 is 11.9 Å². The number of nitrogens with zero attached hydrogens (tertiary/aromatic N) is 3. The minimum Gasteiger partial charge on any atom is -0.481 e. The third-order valence-corrected chi connectivity index (χ3v) is 9.47. The lowest BCUT2D eigenvalue weighted by molar-refractivity contribution is -0.138. The predicted molar refractivity (Wildman–Crippen MR) is 172 cm³/mol. The molecule has 1 aromatic heterocycles. The molecule has 4 aromatic carbocycles. The lowest BCUT2D eigenvalue weighted by Gasteiger charge is -2.08. The Kier molecular flexibility index (Phi) is 8.59. The normalized spacial score (nSPS) is 16.1. The van der Waals surface area contributed by atoms with E-state index in [1.807, 2.05) is 36.4 Å². The summed E-state index contributed by atoms with van der Waals surface area (Å²) in [4.78, 5) is 28.2. The van der Waals surface area contributed by atoms with E-state index in [0.717, 1.165) is 21.2 Å². The summed E-state index contributed by atoms with van der Waals surface area (Å²) in [6, 6.07) is 24.7. The van der Waals surface area contributed by atoms with Gasteiger partial charge < -0.3 is 14.9 Å². The van der Waals surface area contributed by atoms with Crippen LogP contribution < -0.4 is 9.54 Å². The molecule has 8 nitrogen and oxygen atoms in total. The SMILES string of the molecule is O=C(O)c1cccc(Oc2cccc(-c3nn(Cc4ccc(C5CC5C(=O)O)c(Br)c4)c(=Nc4ccc(Cl)c(Cl)c4)s3)c2)c1. The highest BCUT2D eigenvalue weighted by Crippen LogP contribution is 2.49. The molecule has 6 rings (SSSR count). The molecular formula is C32H22BrCl2N3O5S. The van der Waals surface area contributed by atoms with Crippen LogP contribution in [0.5, 0.6) is 11.5 Å². The first kappa shape index (κ1) is 30.1. The Hall–Kier alpha value is -3.96. The van der Waals surface area contributed by atoms with Crippen LogP contribution in [0, 0.1) is 5.92 Å². The van der Waals surface area contributed by atoms with E-state index in [2.05, 4.69) is 15.9 Å². The van der Waals surface area contributed by atoms with Gasteiger partial charge in [0.1, 0.15) is 16.5 Å². The van der Waals surface area contributed by atoms with Crippen molar-refractivity contribution in [2.24, 2.45) is 10.9 Å². The molecule has 0 spiro atoms. The van der Waals surface area contributed by atoms with E-state index >= 15 is 0 Å². The van der Waals surface area contributed by atoms with Crippen LogP contribution in [0.25, 0.3) is 10.6 Å². The van der Waals surface area contributed by atoms with Crippen molar-refractivity contribution >= 4 is 68.1 Å². The van der Waals surface area contributed by atoms with Crippen molar-refractivity contribution in [3.05, 3.63) is 121 Å². The summed E-state index contributed by atoms with van der Waals surface area (Å²) in [6.07, 6.45) is 0.637. The van der Waals surface area contributed by atoms with E-state index in [9.17, 15) is 19.8 Å². The fourth-order valence-corrected chi connectivity index (χ4v) is 6.68. The van der Waals surface area contributed by atoms with Gasteiger partial charge in [0, 0.05) is 10.0 Å². The molecule has 5 aromatic rings. The fraction of sp³-hybridized carbons (Fsp3) is 0.125. The lowest BCUT2D eigenvalue weighted by Crippen LogP contribution is -2.17. The topological polar surface area (TPSA) is 114 Å². The van der Waals surface area contributed by atoms with Crippen LogP contribution in [0.2, 0.25) is 10.0 Å². The van der Waals surface area contributed by atoms with Crippen LogP contribution in [0.4, 0.5) is 5.69 Å². The minimum atomic E-state index is -1.03. The summed E-state index contributed by atoms with van der Waals surface area (Å²) in [7, 11) is 0. The van der Waals surface area contributed by atoms with Gasteiger partial charge in [0.25, 0.3) is 0 Å². The van der Waals surface area contributed by atoms with Crippen LogP contribution in [-0.2, 0) is 11.3 Å². The smallest absolute Gasteiger partial charge is 0.335 e. The quantitative estimate of drug-likeness (QED) is 0.158. The summed E-state index contributed by atoms with van der Waals surface area (Å²) in [5.74, 6) is -1.21. The van der Waals surface area contributed by atoms with Gasteiger partial charge in [-0.05, 0) is 78.1 Å². The number of aliphatic carboxylic acids is 1. The number of halogens is 3. The molecule has 1 saturated carbocycles. The molecule has 1 aliphatic carbocycles. The summed E-state index contributed by atoms with van der Waals surface area (Å²) < 4.78 is 8.63. The highest BCUT2D eigenvalue weighted by molar-refractivity contribution is 9.10. The van der Waals surface area contributed by atoms with E-state index in [1.54, 1.807) is 41.1 Å². The first-order chi connectivity index (χ1) is 21.1. The molecule has 1 heterocycles. The van der Waals surface area contributed by atoms with E-state index in [1.165, 1.54) is 23.5 Å². The summed E-state index contributed by atoms with van der Waals surface area (Å²) >= 11 is 17.4. The summed E-state index contributed by atoms with van der Waals surface area (Å²) in [6.45, 7) is 0.404. The van der Waals surface area contributed by atoms with Crippen molar-refractivity contribution in [2.75, 3.05) is 0 Å². The van der Waals surface area contributed by atoms with Crippen molar-refractivity contribution in [1.29, 1.82) is 0 Å². The molecule has 0 bridgehead atoms. The van der Waals surface area contributed by atoms with Gasteiger partial charge in [0.2, 0.25) is 4.80 Å². The predicted octanol–water partition coefficient (Wildman–Crippen LogP) is 8.64. The molecule has 222 valence electrons. The number of carboxylic acids is 2. The number of carboxylic acid groups (broad SMARTS) is 2. The maximum atomic E-state index is 11.4. The standard InChI is InChI=1S/C32H22BrCl2N3O5S/c33-26-11-17(7-9-23(26)24-15-25(24)31(41)42)16-38-32(36-20-8-10-27(34)28(35)14-20)44-29(37-38)18-3-1-5-21(12-18)43-22-6-2-4-19(13-22)30(39)40/h1-14,24-25H,15-16H2,(H,39,40)(H,41,42).